The van der Waals surface area contributed by atoms with Crippen LogP contribution in [0.15, 0.2) is 30.3 Å². The maximum Gasteiger partial charge on any atom is 0.314 e. The lowest BCUT2D eigenvalue weighted by molar-refractivity contribution is -0.200. The predicted octanol–water partition coefficient (Wildman–Crippen LogP) is 6.93. The van der Waals surface area contributed by atoms with Gasteiger partial charge in [0.1, 0.15) is 0 Å². The van der Waals surface area contributed by atoms with Crippen LogP contribution >= 0.6 is 0 Å². The third-order valence-electron chi connectivity index (χ3n) is 11.9. The summed E-state index contributed by atoms with van der Waals surface area (Å²) in [5, 5.41) is 11.8. The van der Waals surface area contributed by atoms with E-state index in [9.17, 15) is 9.90 Å². The minimum Gasteiger partial charge on any atom is -0.465 e. The van der Waals surface area contributed by atoms with Crippen molar-refractivity contribution in [2.24, 2.45) is 39.9 Å². The molecule has 1 N–H and O–H groups in total. The first-order valence-corrected chi connectivity index (χ1v) is 14.6. The molecule has 4 heteroatoms. The summed E-state index contributed by atoms with van der Waals surface area (Å²) >= 11 is 0. The fraction of sp³-hybridized carbons (Fsp3) is 0.781. The smallest absolute Gasteiger partial charge is 0.314 e. The van der Waals surface area contributed by atoms with Crippen molar-refractivity contribution in [1.29, 1.82) is 0 Å². The van der Waals surface area contributed by atoms with Gasteiger partial charge in [0.25, 0.3) is 0 Å². The molecule has 200 valence electrons. The van der Waals surface area contributed by atoms with Gasteiger partial charge in [-0.3, -0.25) is 4.79 Å². The second kappa shape index (κ2) is 9.42. The number of hydrogen-bond acceptors (Lipinski definition) is 4. The summed E-state index contributed by atoms with van der Waals surface area (Å²) in [5.74, 6) is 2.44. The molecule has 0 spiro atoms. The van der Waals surface area contributed by atoms with E-state index in [4.69, 9.17) is 9.47 Å². The zero-order chi connectivity index (χ0) is 25.8. The molecule has 0 bridgehead atoms. The fourth-order valence-corrected chi connectivity index (χ4v) is 9.31. The zero-order valence-electron chi connectivity index (χ0n) is 23.2. The van der Waals surface area contributed by atoms with E-state index in [1.807, 2.05) is 20.8 Å². The summed E-state index contributed by atoms with van der Waals surface area (Å²) in [4.78, 5) is 12.8. The van der Waals surface area contributed by atoms with Gasteiger partial charge in [-0.1, -0.05) is 44.2 Å². The molecular weight excluding hydrogens is 448 g/mol. The Hall–Kier alpha value is -1.39. The predicted molar refractivity (Wildman–Crippen MR) is 142 cm³/mol. The normalized spacial score (nSPS) is 42.2. The van der Waals surface area contributed by atoms with Gasteiger partial charge in [0.05, 0.1) is 30.3 Å². The summed E-state index contributed by atoms with van der Waals surface area (Å²) in [7, 11) is 0. The fourth-order valence-electron chi connectivity index (χ4n) is 9.31. The molecule has 0 radical (unpaired) electrons. The number of carbonyl (C=O) groups excluding carboxylic acids is 1. The Balaban J connectivity index is 1.29. The topological polar surface area (TPSA) is 55.8 Å². The van der Waals surface area contributed by atoms with E-state index in [-0.39, 0.29) is 16.8 Å². The van der Waals surface area contributed by atoms with E-state index in [1.165, 1.54) is 44.1 Å². The van der Waals surface area contributed by atoms with E-state index in [1.54, 1.807) is 0 Å². The minimum atomic E-state index is -0.983. The summed E-state index contributed by atoms with van der Waals surface area (Å²) < 4.78 is 12.0. The first-order valence-electron chi connectivity index (χ1n) is 14.6. The van der Waals surface area contributed by atoms with Crippen molar-refractivity contribution < 1.29 is 19.4 Å². The Morgan fingerprint density at radius 3 is 2.42 bits per heavy atom. The van der Waals surface area contributed by atoms with Gasteiger partial charge in [0, 0.05) is 0 Å². The Labute approximate surface area is 218 Å². The molecule has 0 aliphatic heterocycles. The molecule has 4 nitrogen and oxygen atoms in total. The van der Waals surface area contributed by atoms with E-state index in [0.717, 1.165) is 37.2 Å². The second-order valence-electron chi connectivity index (χ2n) is 13.6. The zero-order valence-corrected chi connectivity index (χ0v) is 23.2. The Morgan fingerprint density at radius 2 is 1.69 bits per heavy atom. The summed E-state index contributed by atoms with van der Waals surface area (Å²) in [6, 6.07) is 10.6. The standard InChI is InChI=1S/C32H48O4/c1-6-35-28(33)29(2,3)32(34)19-18-30(4)23(20-32)12-13-24-25-14-15-27(31(25,5)17-16-26(24)30)36-21-22-10-8-7-9-11-22/h7-11,23-27,34H,6,12-21H2,1-5H3/t23-,24-,25+,26+,27-,30-,31-,32-/m0/s1. The highest BCUT2D eigenvalue weighted by molar-refractivity contribution is 5.77. The first kappa shape index (κ1) is 26.2. The lowest BCUT2D eigenvalue weighted by Crippen LogP contribution is -2.60. The van der Waals surface area contributed by atoms with E-state index in [0.29, 0.717) is 25.0 Å². The molecule has 5 rings (SSSR count). The van der Waals surface area contributed by atoms with Gasteiger partial charge in [-0.2, -0.15) is 0 Å². The van der Waals surface area contributed by atoms with Gasteiger partial charge in [-0.25, -0.2) is 0 Å². The molecule has 4 aliphatic carbocycles. The van der Waals surface area contributed by atoms with Crippen LogP contribution in [0.25, 0.3) is 0 Å². The molecule has 0 saturated heterocycles. The van der Waals surface area contributed by atoms with Gasteiger partial charge < -0.3 is 14.6 Å². The van der Waals surface area contributed by atoms with Crippen molar-refractivity contribution in [3.8, 4) is 0 Å². The van der Waals surface area contributed by atoms with Crippen molar-refractivity contribution in [2.45, 2.75) is 111 Å². The molecule has 0 aromatic heterocycles. The van der Waals surface area contributed by atoms with Crippen molar-refractivity contribution in [3.63, 3.8) is 0 Å². The highest BCUT2D eigenvalue weighted by Crippen LogP contribution is 2.68. The highest BCUT2D eigenvalue weighted by atomic mass is 16.5. The van der Waals surface area contributed by atoms with Crippen LogP contribution in [0, 0.1) is 39.9 Å². The third kappa shape index (κ3) is 4.06. The van der Waals surface area contributed by atoms with Crippen LogP contribution in [0.2, 0.25) is 0 Å². The van der Waals surface area contributed by atoms with Gasteiger partial charge in [0.15, 0.2) is 0 Å². The van der Waals surface area contributed by atoms with Crippen LogP contribution < -0.4 is 0 Å². The molecule has 4 aliphatic rings. The number of esters is 1. The van der Waals surface area contributed by atoms with E-state index < -0.39 is 11.0 Å². The number of fused-ring (bicyclic) bond motifs is 5. The quantitative estimate of drug-likeness (QED) is 0.434. The third-order valence-corrected chi connectivity index (χ3v) is 11.9. The van der Waals surface area contributed by atoms with Crippen molar-refractivity contribution >= 4 is 5.97 Å². The molecule has 0 heterocycles. The van der Waals surface area contributed by atoms with Crippen LogP contribution in [0.3, 0.4) is 0 Å². The number of rotatable bonds is 6. The highest BCUT2D eigenvalue weighted by Gasteiger charge is 2.63. The summed E-state index contributed by atoms with van der Waals surface area (Å²) in [6.07, 6.45) is 10.2. The average Bonchev–Trinajstić information content (AvgIpc) is 3.20. The lowest BCUT2D eigenvalue weighted by atomic mass is 9.43. The Morgan fingerprint density at radius 1 is 0.972 bits per heavy atom. The number of carbonyl (C=O) groups is 1. The second-order valence-corrected chi connectivity index (χ2v) is 13.6. The van der Waals surface area contributed by atoms with Crippen molar-refractivity contribution in [2.75, 3.05) is 6.61 Å². The van der Waals surface area contributed by atoms with Gasteiger partial charge >= 0.3 is 5.97 Å². The van der Waals surface area contributed by atoms with Crippen LogP contribution in [0.4, 0.5) is 0 Å². The molecule has 0 unspecified atom stereocenters. The molecule has 4 saturated carbocycles. The molecule has 4 fully saturated rings. The Bertz CT molecular complexity index is 943. The lowest BCUT2D eigenvalue weighted by Gasteiger charge is -2.63. The van der Waals surface area contributed by atoms with Gasteiger partial charge in [0.2, 0.25) is 0 Å². The van der Waals surface area contributed by atoms with Crippen molar-refractivity contribution in [1.82, 2.24) is 0 Å². The summed E-state index contributed by atoms with van der Waals surface area (Å²) in [5.41, 5.74) is -0.0544. The Kier molecular flexibility index (Phi) is 6.86. The molecule has 8 atom stereocenters. The monoisotopic (exact) mass is 496 g/mol. The minimum absolute atomic E-state index is 0.254. The molecular formula is C32H48O4. The van der Waals surface area contributed by atoms with Crippen LogP contribution in [-0.4, -0.2) is 29.4 Å². The molecule has 36 heavy (non-hydrogen) atoms. The van der Waals surface area contributed by atoms with E-state index in [2.05, 4.69) is 44.2 Å². The average molecular weight is 497 g/mol. The van der Waals surface area contributed by atoms with Gasteiger partial charge in [-0.15, -0.1) is 0 Å². The largest absolute Gasteiger partial charge is 0.465 e. The molecule has 1 aromatic rings. The van der Waals surface area contributed by atoms with Crippen LogP contribution in [0.1, 0.15) is 98.0 Å². The summed E-state index contributed by atoms with van der Waals surface area (Å²) in [6.45, 7) is 11.7. The van der Waals surface area contributed by atoms with E-state index >= 15 is 0 Å². The maximum atomic E-state index is 12.8. The van der Waals surface area contributed by atoms with Crippen molar-refractivity contribution in [3.05, 3.63) is 35.9 Å². The van der Waals surface area contributed by atoms with Gasteiger partial charge in [-0.05, 0) is 119 Å². The number of aliphatic hydroxyl groups is 1. The van der Waals surface area contributed by atoms with Crippen LogP contribution in [-0.2, 0) is 20.9 Å². The number of ether oxygens (including phenoxy) is 2. The van der Waals surface area contributed by atoms with Crippen LogP contribution in [0.5, 0.6) is 0 Å². The number of hydrogen-bond donors (Lipinski definition) is 1. The first-order chi connectivity index (χ1) is 17.0. The maximum absolute atomic E-state index is 12.8. The number of benzene rings is 1. The molecule has 1 aromatic carbocycles. The molecule has 0 amide bonds. The SMILES string of the molecule is CCOC(=O)C(C)(C)[C@]1(O)CC[C@@]2(C)[C@@H](CC[C@@H]3[C@H]2CC[C@]2(C)[C@@H](OCc4ccccc4)CC[C@H]32)C1.